The van der Waals surface area contributed by atoms with Crippen LogP contribution in [-0.4, -0.2) is 0 Å². The topological polar surface area (TPSA) is 34.1 Å². The van der Waals surface area contributed by atoms with E-state index in [0.717, 1.165) is 0 Å². The molecule has 0 heterocycles. The molecule has 0 radical (unpaired) electrons. The maximum Gasteiger partial charge on any atom is 0 e. The molecule has 0 N–H and O–H groups in total. The summed E-state index contributed by atoms with van der Waals surface area (Å²) >= 11 is -1.44. The summed E-state index contributed by atoms with van der Waals surface area (Å²) in [7, 11) is 0. The minimum absolute atomic E-state index is 0. The quantitative estimate of drug-likeness (QED) is 0.491. The van der Waals surface area contributed by atoms with E-state index in [9.17, 15) is 0 Å². The van der Waals surface area contributed by atoms with Gasteiger partial charge < -0.3 is 0 Å². The molecule has 0 saturated carbocycles. The predicted molar refractivity (Wildman–Crippen MR) is 8.10 cm³/mol. The fourth-order valence-electron chi connectivity index (χ4n) is 0. The molecular weight excluding hydrogens is 164 g/mol. The molecule has 0 aliphatic carbocycles. The van der Waals surface area contributed by atoms with Crippen molar-refractivity contribution in [1.82, 2.24) is 0 Å². The Labute approximate surface area is 49.6 Å². The molecule has 0 spiro atoms. The van der Waals surface area contributed by atoms with Crippen molar-refractivity contribution >= 4 is 0 Å². The Hall–Kier alpha value is 0.743. The number of hydrogen-bond acceptors (Lipinski definition) is 2. The first-order chi connectivity index (χ1) is 1.41. The normalized spacial score (nSPS) is 2.40. The predicted octanol–water partition coefficient (Wildman–Crippen LogP) is 0.393. The molecule has 0 amide bonds. The summed E-state index contributed by atoms with van der Waals surface area (Å²) in [4.78, 5) is 0. The molecular formula is CH4MnO2Zn. The summed E-state index contributed by atoms with van der Waals surface area (Å²) in [6.07, 6.45) is 0. The first-order valence-electron chi connectivity index (χ1n) is 0.309. The first-order valence-corrected chi connectivity index (χ1v) is 1.27. The molecule has 0 unspecified atom stereocenters. The Balaban J connectivity index is -0.0000000200. The third-order valence-electron chi connectivity index (χ3n) is 0. The van der Waals surface area contributed by atoms with Crippen LogP contribution in [0.25, 0.3) is 0 Å². The minimum Gasteiger partial charge on any atom is 0 e. The summed E-state index contributed by atoms with van der Waals surface area (Å²) < 4.78 is 16.8. The van der Waals surface area contributed by atoms with Crippen molar-refractivity contribution in [2.75, 3.05) is 0 Å². The van der Waals surface area contributed by atoms with Gasteiger partial charge >= 0.3 is 22.5 Å². The third kappa shape index (κ3) is 64.7. The fourth-order valence-corrected chi connectivity index (χ4v) is 0. The Kier molecular flexibility index (Phi) is 75.1. The molecule has 0 saturated heterocycles. The zero-order valence-corrected chi connectivity index (χ0v) is 6.05. The largest absolute Gasteiger partial charge is 0 e. The first kappa shape index (κ1) is 17.2. The van der Waals surface area contributed by atoms with E-state index < -0.39 is 14.8 Å². The van der Waals surface area contributed by atoms with Gasteiger partial charge in [-0.15, -0.1) is 0 Å². The second-order valence-electron chi connectivity index (χ2n) is 0.0630. The molecule has 0 aromatic carbocycles. The Morgan fingerprint density at radius 1 is 1.20 bits per heavy atom. The van der Waals surface area contributed by atoms with E-state index in [4.69, 9.17) is 7.67 Å². The van der Waals surface area contributed by atoms with Gasteiger partial charge in [-0.05, 0) is 0 Å². The molecule has 0 bridgehead atoms. The molecule has 0 atom stereocenters. The van der Waals surface area contributed by atoms with Crippen molar-refractivity contribution in [3.63, 3.8) is 0 Å². The van der Waals surface area contributed by atoms with Gasteiger partial charge in [-0.3, -0.25) is 0 Å². The molecule has 4 heteroatoms. The second-order valence-corrected chi connectivity index (χ2v) is 0.260. The van der Waals surface area contributed by atoms with Crippen molar-refractivity contribution in [1.29, 1.82) is 0 Å². The van der Waals surface area contributed by atoms with Crippen molar-refractivity contribution < 1.29 is 42.0 Å². The van der Waals surface area contributed by atoms with Crippen LogP contribution in [0, 0.1) is 0 Å². The van der Waals surface area contributed by atoms with E-state index in [1.807, 2.05) is 0 Å². The van der Waals surface area contributed by atoms with E-state index in [-0.39, 0.29) is 26.9 Å². The van der Waals surface area contributed by atoms with Crippen LogP contribution in [0.2, 0.25) is 0 Å². The SMILES string of the molecule is C.[O]=[Mn]=[O].[Zn]. The van der Waals surface area contributed by atoms with Gasteiger partial charge in [0, 0.05) is 19.5 Å². The summed E-state index contributed by atoms with van der Waals surface area (Å²) in [6.45, 7) is 0. The summed E-state index contributed by atoms with van der Waals surface area (Å²) in [6, 6.07) is 0. The second kappa shape index (κ2) is 21.9. The Morgan fingerprint density at radius 3 is 1.20 bits per heavy atom. The van der Waals surface area contributed by atoms with Gasteiger partial charge in [0.1, 0.15) is 0 Å². The van der Waals surface area contributed by atoms with Crippen molar-refractivity contribution in [3.05, 3.63) is 0 Å². The Bertz CT molecular complexity index is 30.6. The van der Waals surface area contributed by atoms with Crippen LogP contribution in [-0.2, 0) is 42.0 Å². The molecule has 0 aliphatic heterocycles. The van der Waals surface area contributed by atoms with E-state index >= 15 is 0 Å². The molecule has 0 aliphatic rings. The van der Waals surface area contributed by atoms with Gasteiger partial charge in [0.05, 0.1) is 0 Å². The van der Waals surface area contributed by atoms with Crippen LogP contribution in [0.1, 0.15) is 7.43 Å². The average molecular weight is 168 g/mol. The van der Waals surface area contributed by atoms with Gasteiger partial charge in [-0.1, -0.05) is 7.43 Å². The average Bonchev–Trinajstić information content (AvgIpc) is 0.918. The molecule has 0 aromatic heterocycles. The molecule has 29 valence electrons. The van der Waals surface area contributed by atoms with Crippen molar-refractivity contribution in [2.45, 2.75) is 7.43 Å². The molecule has 0 rings (SSSR count). The smallest absolute Gasteiger partial charge is 0 e. The van der Waals surface area contributed by atoms with E-state index in [0.29, 0.717) is 0 Å². The van der Waals surface area contributed by atoms with Gasteiger partial charge in [0.2, 0.25) is 0 Å². The maximum atomic E-state index is 8.41. The van der Waals surface area contributed by atoms with Crippen LogP contribution in [0.3, 0.4) is 0 Å². The fraction of sp³-hybridized carbons (Fsp3) is 1.00. The van der Waals surface area contributed by atoms with Gasteiger partial charge in [0.15, 0.2) is 0 Å². The van der Waals surface area contributed by atoms with Crippen LogP contribution in [0.15, 0.2) is 0 Å². The molecule has 0 aromatic rings. The van der Waals surface area contributed by atoms with Crippen LogP contribution in [0.4, 0.5) is 0 Å². The molecule has 5 heavy (non-hydrogen) atoms. The van der Waals surface area contributed by atoms with Gasteiger partial charge in [0.25, 0.3) is 0 Å². The Morgan fingerprint density at radius 2 is 1.20 bits per heavy atom. The monoisotopic (exact) mass is 167 g/mol. The van der Waals surface area contributed by atoms with Gasteiger partial charge in [-0.2, -0.15) is 0 Å². The maximum absolute atomic E-state index is 8.41. The van der Waals surface area contributed by atoms with Gasteiger partial charge in [-0.25, -0.2) is 0 Å². The van der Waals surface area contributed by atoms with Crippen LogP contribution >= 0.6 is 0 Å². The van der Waals surface area contributed by atoms with Crippen molar-refractivity contribution in [2.24, 2.45) is 0 Å². The van der Waals surface area contributed by atoms with Crippen LogP contribution in [0.5, 0.6) is 0 Å². The third-order valence-corrected chi connectivity index (χ3v) is 0. The van der Waals surface area contributed by atoms with E-state index in [1.165, 1.54) is 0 Å². The van der Waals surface area contributed by atoms with E-state index in [2.05, 4.69) is 0 Å². The van der Waals surface area contributed by atoms with E-state index in [1.54, 1.807) is 0 Å². The molecule has 0 fully saturated rings. The summed E-state index contributed by atoms with van der Waals surface area (Å²) in [5, 5.41) is 0. The number of hydrogen-bond donors (Lipinski definition) is 0. The summed E-state index contributed by atoms with van der Waals surface area (Å²) in [5.41, 5.74) is 0. The standard InChI is InChI=1S/CH4.Mn.2O.Zn/h1H4;;;;. The van der Waals surface area contributed by atoms with Crippen molar-refractivity contribution in [3.8, 4) is 0 Å². The number of rotatable bonds is 0. The van der Waals surface area contributed by atoms with Crippen LogP contribution < -0.4 is 0 Å². The summed E-state index contributed by atoms with van der Waals surface area (Å²) in [5.74, 6) is 0. The molecule has 2 nitrogen and oxygen atoms in total. The zero-order valence-electron chi connectivity index (χ0n) is 1.90. The zero-order chi connectivity index (χ0) is 2.71. The minimum atomic E-state index is -1.44.